The Hall–Kier alpha value is -1.55. The Kier molecular flexibility index (Phi) is 2.87. The van der Waals surface area contributed by atoms with Crippen molar-refractivity contribution >= 4 is 23.0 Å². The summed E-state index contributed by atoms with van der Waals surface area (Å²) >= 11 is 1.75. The van der Waals surface area contributed by atoms with E-state index in [9.17, 15) is 0 Å². The van der Waals surface area contributed by atoms with Gasteiger partial charge in [-0.2, -0.15) is 0 Å². The summed E-state index contributed by atoms with van der Waals surface area (Å²) in [6, 6.07) is 7.71. The number of aryl methyl sites for hydroxylation is 1. The Morgan fingerprint density at radius 2 is 2.27 bits per heavy atom. The van der Waals surface area contributed by atoms with E-state index in [1.807, 2.05) is 12.1 Å². The molecular weight excluding hydrogens is 206 g/mol. The van der Waals surface area contributed by atoms with E-state index in [1.165, 1.54) is 10.4 Å². The molecule has 0 fully saturated rings. The van der Waals surface area contributed by atoms with Crippen LogP contribution in [0.3, 0.4) is 0 Å². The number of nitrogens with zero attached hydrogens (tertiary/aromatic N) is 1. The zero-order valence-electron chi connectivity index (χ0n) is 8.53. The van der Waals surface area contributed by atoms with Gasteiger partial charge in [0.05, 0.1) is 6.54 Å². The minimum absolute atomic E-state index is 0.544. The van der Waals surface area contributed by atoms with Gasteiger partial charge >= 0.3 is 0 Å². The van der Waals surface area contributed by atoms with Crippen molar-refractivity contribution in [3.05, 3.63) is 40.1 Å². The number of pyridine rings is 1. The van der Waals surface area contributed by atoms with Crippen LogP contribution in [0.5, 0.6) is 0 Å². The number of hydrogen-bond acceptors (Lipinski definition) is 4. The van der Waals surface area contributed by atoms with E-state index in [-0.39, 0.29) is 0 Å². The van der Waals surface area contributed by atoms with E-state index in [1.54, 1.807) is 17.4 Å². The number of thiophene rings is 1. The molecule has 15 heavy (non-hydrogen) atoms. The Morgan fingerprint density at radius 3 is 2.93 bits per heavy atom. The van der Waals surface area contributed by atoms with Crippen LogP contribution in [0.25, 0.3) is 0 Å². The normalized spacial score (nSPS) is 10.2. The molecule has 0 amide bonds. The fourth-order valence-corrected chi connectivity index (χ4v) is 2.15. The predicted molar refractivity (Wildman–Crippen MR) is 65.0 cm³/mol. The maximum absolute atomic E-state index is 5.59. The highest BCUT2D eigenvalue weighted by Crippen LogP contribution is 2.17. The van der Waals surface area contributed by atoms with Gasteiger partial charge in [0.2, 0.25) is 0 Å². The van der Waals surface area contributed by atoms with Crippen molar-refractivity contribution in [2.45, 2.75) is 13.5 Å². The van der Waals surface area contributed by atoms with E-state index in [2.05, 4.69) is 28.7 Å². The molecule has 0 unspecified atom stereocenters. The fourth-order valence-electron chi connectivity index (χ4n) is 1.31. The first-order chi connectivity index (χ1) is 7.25. The molecule has 0 aliphatic carbocycles. The molecule has 2 aromatic heterocycles. The van der Waals surface area contributed by atoms with Gasteiger partial charge in [-0.15, -0.1) is 11.3 Å². The smallest absolute Gasteiger partial charge is 0.128 e. The molecule has 2 rings (SSSR count). The quantitative estimate of drug-likeness (QED) is 0.834. The predicted octanol–water partition coefficient (Wildman–Crippen LogP) is 2.65. The minimum atomic E-state index is 0.544. The first kappa shape index (κ1) is 9.98. The van der Waals surface area contributed by atoms with Crippen LogP contribution in [0, 0.1) is 6.92 Å². The third-order valence-corrected chi connectivity index (χ3v) is 3.19. The summed E-state index contributed by atoms with van der Waals surface area (Å²) in [5.74, 6) is 1.37. The maximum atomic E-state index is 5.59. The van der Waals surface area contributed by atoms with Crippen LogP contribution in [0.1, 0.15) is 10.4 Å². The second-order valence-corrected chi connectivity index (χ2v) is 4.33. The lowest BCUT2D eigenvalue weighted by Gasteiger charge is -2.05. The van der Waals surface area contributed by atoms with Crippen molar-refractivity contribution in [1.82, 2.24) is 4.98 Å². The fraction of sp³-hybridized carbons (Fsp3) is 0.182. The zero-order valence-corrected chi connectivity index (χ0v) is 9.34. The molecule has 0 bridgehead atoms. The van der Waals surface area contributed by atoms with E-state index in [0.717, 1.165) is 12.4 Å². The second kappa shape index (κ2) is 4.31. The van der Waals surface area contributed by atoms with Gasteiger partial charge in [0.15, 0.2) is 0 Å². The topological polar surface area (TPSA) is 50.9 Å². The average molecular weight is 219 g/mol. The standard InChI is InChI=1S/C11H13N3S/c1-8-5-6-15-9(8)7-13-11-4-2-3-10(12)14-11/h2-6H,7H2,1H3,(H3,12,13,14). The molecule has 4 heteroatoms. The number of nitrogens with two attached hydrogens (primary N) is 1. The van der Waals surface area contributed by atoms with Gasteiger partial charge in [0.1, 0.15) is 11.6 Å². The summed E-state index contributed by atoms with van der Waals surface area (Å²) in [6.45, 7) is 2.92. The first-order valence-corrected chi connectivity index (χ1v) is 5.63. The van der Waals surface area contributed by atoms with Gasteiger partial charge < -0.3 is 11.1 Å². The van der Waals surface area contributed by atoms with Gasteiger partial charge in [-0.25, -0.2) is 4.98 Å². The van der Waals surface area contributed by atoms with Gasteiger partial charge in [-0.3, -0.25) is 0 Å². The second-order valence-electron chi connectivity index (χ2n) is 3.33. The van der Waals surface area contributed by atoms with Crippen LogP contribution in [-0.4, -0.2) is 4.98 Å². The SMILES string of the molecule is Cc1ccsc1CNc1cccc(N)n1. The third-order valence-electron chi connectivity index (χ3n) is 2.17. The Balaban J connectivity index is 2.02. The highest BCUT2D eigenvalue weighted by atomic mass is 32.1. The van der Waals surface area contributed by atoms with E-state index >= 15 is 0 Å². The van der Waals surface area contributed by atoms with Crippen LogP contribution in [-0.2, 0) is 6.54 Å². The Bertz CT molecular complexity index is 451. The lowest BCUT2D eigenvalue weighted by Crippen LogP contribution is -2.02. The monoisotopic (exact) mass is 219 g/mol. The summed E-state index contributed by atoms with van der Waals surface area (Å²) in [5, 5.41) is 5.34. The summed E-state index contributed by atoms with van der Waals surface area (Å²) in [5.41, 5.74) is 6.91. The zero-order chi connectivity index (χ0) is 10.7. The van der Waals surface area contributed by atoms with Crippen LogP contribution in [0.4, 0.5) is 11.6 Å². The highest BCUT2D eigenvalue weighted by Gasteiger charge is 2.00. The lowest BCUT2D eigenvalue weighted by atomic mass is 10.3. The molecule has 0 saturated heterocycles. The van der Waals surface area contributed by atoms with Crippen molar-refractivity contribution < 1.29 is 0 Å². The number of anilines is 2. The van der Waals surface area contributed by atoms with E-state index < -0.39 is 0 Å². The van der Waals surface area contributed by atoms with Crippen molar-refractivity contribution in [3.63, 3.8) is 0 Å². The van der Waals surface area contributed by atoms with Crippen molar-refractivity contribution in [1.29, 1.82) is 0 Å². The molecule has 0 aliphatic heterocycles. The molecule has 2 heterocycles. The van der Waals surface area contributed by atoms with Crippen molar-refractivity contribution in [2.24, 2.45) is 0 Å². The Morgan fingerprint density at radius 1 is 1.40 bits per heavy atom. The van der Waals surface area contributed by atoms with Gasteiger partial charge in [0, 0.05) is 4.88 Å². The highest BCUT2D eigenvalue weighted by molar-refractivity contribution is 7.10. The minimum Gasteiger partial charge on any atom is -0.384 e. The molecule has 3 nitrogen and oxygen atoms in total. The summed E-state index contributed by atoms with van der Waals surface area (Å²) < 4.78 is 0. The van der Waals surface area contributed by atoms with Gasteiger partial charge in [-0.1, -0.05) is 6.07 Å². The van der Waals surface area contributed by atoms with E-state index in [4.69, 9.17) is 5.73 Å². The largest absolute Gasteiger partial charge is 0.384 e. The molecule has 2 aromatic rings. The molecule has 0 radical (unpaired) electrons. The number of nitrogen functional groups attached to an aromatic ring is 1. The molecule has 78 valence electrons. The maximum Gasteiger partial charge on any atom is 0.128 e. The molecule has 0 aliphatic rings. The summed E-state index contributed by atoms with van der Waals surface area (Å²) in [4.78, 5) is 5.51. The van der Waals surface area contributed by atoms with Crippen LogP contribution >= 0.6 is 11.3 Å². The lowest BCUT2D eigenvalue weighted by molar-refractivity contribution is 1.13. The summed E-state index contributed by atoms with van der Waals surface area (Å²) in [7, 11) is 0. The molecular formula is C11H13N3S. The van der Waals surface area contributed by atoms with Crippen LogP contribution in [0.15, 0.2) is 29.6 Å². The molecule has 0 atom stereocenters. The number of nitrogens with one attached hydrogen (secondary N) is 1. The third kappa shape index (κ3) is 2.47. The average Bonchev–Trinajstić information content (AvgIpc) is 2.61. The number of aromatic nitrogens is 1. The first-order valence-electron chi connectivity index (χ1n) is 4.75. The van der Waals surface area contributed by atoms with Gasteiger partial charge in [0.25, 0.3) is 0 Å². The molecule has 3 N–H and O–H groups in total. The Labute approximate surface area is 93.0 Å². The van der Waals surface area contributed by atoms with Crippen LogP contribution in [0.2, 0.25) is 0 Å². The molecule has 0 aromatic carbocycles. The van der Waals surface area contributed by atoms with Crippen LogP contribution < -0.4 is 11.1 Å². The summed E-state index contributed by atoms with van der Waals surface area (Å²) in [6.07, 6.45) is 0. The number of rotatable bonds is 3. The molecule has 0 saturated carbocycles. The van der Waals surface area contributed by atoms with E-state index in [0.29, 0.717) is 5.82 Å². The van der Waals surface area contributed by atoms with Gasteiger partial charge in [-0.05, 0) is 36.1 Å². The van der Waals surface area contributed by atoms with Crippen molar-refractivity contribution in [3.8, 4) is 0 Å². The number of hydrogen-bond donors (Lipinski definition) is 2. The van der Waals surface area contributed by atoms with Crippen molar-refractivity contribution in [2.75, 3.05) is 11.1 Å². The molecule has 0 spiro atoms.